The van der Waals surface area contributed by atoms with Crippen LogP contribution in [0.5, 0.6) is 5.75 Å². The molecule has 1 aliphatic heterocycles. The third kappa shape index (κ3) is 4.21. The van der Waals surface area contributed by atoms with E-state index in [1.165, 1.54) is 0 Å². The van der Waals surface area contributed by atoms with Gasteiger partial charge in [-0.25, -0.2) is 0 Å². The lowest BCUT2D eigenvalue weighted by molar-refractivity contribution is -0.125. The van der Waals surface area contributed by atoms with Gasteiger partial charge in [0, 0.05) is 6.61 Å². The van der Waals surface area contributed by atoms with Crippen LogP contribution in [0.1, 0.15) is 13.3 Å². The molecule has 0 saturated carbocycles. The predicted octanol–water partition coefficient (Wildman–Crippen LogP) is 2.37. The van der Waals surface area contributed by atoms with E-state index >= 15 is 0 Å². The number of carbonyl (C=O) groups is 1. The third-order valence-electron chi connectivity index (χ3n) is 3.03. The maximum Gasteiger partial charge on any atom is 0.225 e. The van der Waals surface area contributed by atoms with E-state index in [4.69, 9.17) is 9.47 Å². The van der Waals surface area contributed by atoms with Gasteiger partial charge in [0.2, 0.25) is 5.91 Å². The summed E-state index contributed by atoms with van der Waals surface area (Å²) in [6.07, 6.45) is 0.732. The summed E-state index contributed by atoms with van der Waals surface area (Å²) in [5.41, 5.74) is 0. The van der Waals surface area contributed by atoms with Gasteiger partial charge in [-0.15, -0.1) is 0 Å². The first-order chi connectivity index (χ1) is 9.16. The van der Waals surface area contributed by atoms with Crippen LogP contribution in [0, 0.1) is 5.92 Å². The highest BCUT2D eigenvalue weighted by atomic mass is 79.9. The Kier molecular flexibility index (Phi) is 5.22. The van der Waals surface area contributed by atoms with Crippen molar-refractivity contribution in [3.05, 3.63) is 28.7 Å². The van der Waals surface area contributed by atoms with Crippen LogP contribution in [0.2, 0.25) is 0 Å². The molecule has 0 unspecified atom stereocenters. The average Bonchev–Trinajstić information content (AvgIpc) is 2.93. The lowest BCUT2D eigenvalue weighted by Crippen LogP contribution is -2.37. The van der Waals surface area contributed by atoms with Crippen LogP contribution in [0.25, 0.3) is 0 Å². The molecule has 5 heteroatoms. The van der Waals surface area contributed by atoms with Crippen molar-refractivity contribution in [1.29, 1.82) is 0 Å². The normalized spacial score (nSPS) is 20.0. The van der Waals surface area contributed by atoms with Gasteiger partial charge in [-0.3, -0.25) is 4.79 Å². The van der Waals surface area contributed by atoms with Gasteiger partial charge in [-0.2, -0.15) is 0 Å². The summed E-state index contributed by atoms with van der Waals surface area (Å²) in [6.45, 7) is 3.65. The molecule has 1 aromatic rings. The summed E-state index contributed by atoms with van der Waals surface area (Å²) in [5, 5.41) is 2.90. The van der Waals surface area contributed by atoms with E-state index in [9.17, 15) is 4.79 Å². The van der Waals surface area contributed by atoms with Crippen molar-refractivity contribution in [3.63, 3.8) is 0 Å². The number of hydrogen-bond donors (Lipinski definition) is 1. The fourth-order valence-corrected chi connectivity index (χ4v) is 2.31. The molecule has 1 heterocycles. The highest BCUT2D eigenvalue weighted by Crippen LogP contribution is 2.24. The minimum absolute atomic E-state index is 0.00402. The Morgan fingerprint density at radius 2 is 2.37 bits per heavy atom. The van der Waals surface area contributed by atoms with Crippen molar-refractivity contribution in [1.82, 2.24) is 5.32 Å². The van der Waals surface area contributed by atoms with E-state index in [1.807, 2.05) is 31.2 Å². The molecule has 1 aromatic carbocycles. The second kappa shape index (κ2) is 6.91. The van der Waals surface area contributed by atoms with Gasteiger partial charge in [-0.1, -0.05) is 12.1 Å². The highest BCUT2D eigenvalue weighted by molar-refractivity contribution is 9.10. The topological polar surface area (TPSA) is 47.6 Å². The standard InChI is InChI=1S/C14H18BrNO3/c1-10(19-13-5-3-2-4-12(13)15)8-16-14(17)11-6-7-18-9-11/h2-5,10-11H,6-9H2,1H3,(H,16,17)/t10-,11-/m1/s1. The number of para-hydroxylation sites is 1. The molecular formula is C14H18BrNO3. The Morgan fingerprint density at radius 1 is 1.58 bits per heavy atom. The molecular weight excluding hydrogens is 310 g/mol. The Labute approximate surface area is 121 Å². The lowest BCUT2D eigenvalue weighted by atomic mass is 10.1. The molecule has 0 aromatic heterocycles. The van der Waals surface area contributed by atoms with Crippen molar-refractivity contribution >= 4 is 21.8 Å². The van der Waals surface area contributed by atoms with Crippen LogP contribution in [0.15, 0.2) is 28.7 Å². The van der Waals surface area contributed by atoms with Crippen molar-refractivity contribution in [2.75, 3.05) is 19.8 Å². The largest absolute Gasteiger partial charge is 0.488 e. The molecule has 1 amide bonds. The minimum atomic E-state index is -0.0787. The zero-order valence-electron chi connectivity index (χ0n) is 10.9. The lowest BCUT2D eigenvalue weighted by Gasteiger charge is -2.17. The first kappa shape index (κ1) is 14.3. The molecule has 1 fully saturated rings. The second-order valence-corrected chi connectivity index (χ2v) is 5.52. The molecule has 0 bridgehead atoms. The van der Waals surface area contributed by atoms with Gasteiger partial charge in [0.05, 0.1) is 23.5 Å². The van der Waals surface area contributed by atoms with E-state index in [-0.39, 0.29) is 17.9 Å². The number of rotatable bonds is 5. The number of nitrogens with one attached hydrogen (secondary N) is 1. The van der Waals surface area contributed by atoms with Gasteiger partial charge in [-0.05, 0) is 41.4 Å². The Bertz CT molecular complexity index is 432. The monoisotopic (exact) mass is 327 g/mol. The minimum Gasteiger partial charge on any atom is -0.488 e. The summed E-state index contributed by atoms with van der Waals surface area (Å²) < 4.78 is 11.9. The summed E-state index contributed by atoms with van der Waals surface area (Å²) in [5.74, 6) is 0.837. The van der Waals surface area contributed by atoms with Crippen LogP contribution >= 0.6 is 15.9 Å². The number of halogens is 1. The molecule has 1 saturated heterocycles. The number of amides is 1. The van der Waals surface area contributed by atoms with Crippen LogP contribution in [-0.2, 0) is 9.53 Å². The van der Waals surface area contributed by atoms with E-state index in [0.717, 1.165) is 16.6 Å². The predicted molar refractivity (Wildman–Crippen MR) is 76.2 cm³/mol. The van der Waals surface area contributed by atoms with Crippen molar-refractivity contribution in [2.45, 2.75) is 19.4 Å². The summed E-state index contributed by atoms with van der Waals surface area (Å²) in [6, 6.07) is 7.68. The van der Waals surface area contributed by atoms with Gasteiger partial charge in [0.15, 0.2) is 0 Å². The molecule has 1 N–H and O–H groups in total. The number of ether oxygens (including phenoxy) is 2. The van der Waals surface area contributed by atoms with Crippen molar-refractivity contribution < 1.29 is 14.3 Å². The summed E-state index contributed by atoms with van der Waals surface area (Å²) >= 11 is 3.43. The number of hydrogen-bond acceptors (Lipinski definition) is 3. The van der Waals surface area contributed by atoms with Crippen LogP contribution in [0.3, 0.4) is 0 Å². The maximum atomic E-state index is 11.8. The Morgan fingerprint density at radius 3 is 3.05 bits per heavy atom. The highest BCUT2D eigenvalue weighted by Gasteiger charge is 2.23. The maximum absolute atomic E-state index is 11.8. The molecule has 19 heavy (non-hydrogen) atoms. The average molecular weight is 328 g/mol. The second-order valence-electron chi connectivity index (χ2n) is 4.66. The van der Waals surface area contributed by atoms with Gasteiger partial charge < -0.3 is 14.8 Å². The molecule has 1 aliphatic rings. The fourth-order valence-electron chi connectivity index (χ4n) is 1.93. The molecule has 0 spiro atoms. The molecule has 2 atom stereocenters. The van der Waals surface area contributed by atoms with Gasteiger partial charge >= 0.3 is 0 Å². The van der Waals surface area contributed by atoms with Crippen molar-refractivity contribution in [2.24, 2.45) is 5.92 Å². The zero-order chi connectivity index (χ0) is 13.7. The van der Waals surface area contributed by atoms with E-state index < -0.39 is 0 Å². The fraction of sp³-hybridized carbons (Fsp3) is 0.500. The van der Waals surface area contributed by atoms with Crippen LogP contribution in [-0.4, -0.2) is 31.8 Å². The molecule has 0 radical (unpaired) electrons. The van der Waals surface area contributed by atoms with E-state index in [1.54, 1.807) is 0 Å². The quantitative estimate of drug-likeness (QED) is 0.903. The molecule has 4 nitrogen and oxygen atoms in total. The molecule has 0 aliphatic carbocycles. The first-order valence-electron chi connectivity index (χ1n) is 6.43. The number of benzene rings is 1. The molecule has 2 rings (SSSR count). The van der Waals surface area contributed by atoms with Gasteiger partial charge in [0.25, 0.3) is 0 Å². The Balaban J connectivity index is 1.76. The first-order valence-corrected chi connectivity index (χ1v) is 7.22. The zero-order valence-corrected chi connectivity index (χ0v) is 12.5. The van der Waals surface area contributed by atoms with E-state index in [0.29, 0.717) is 19.8 Å². The van der Waals surface area contributed by atoms with Gasteiger partial charge in [0.1, 0.15) is 11.9 Å². The van der Waals surface area contributed by atoms with E-state index in [2.05, 4.69) is 21.2 Å². The molecule has 104 valence electrons. The SMILES string of the molecule is C[C@H](CNC(=O)[C@@H]1CCOC1)Oc1ccccc1Br. The summed E-state index contributed by atoms with van der Waals surface area (Å²) in [4.78, 5) is 11.8. The van der Waals surface area contributed by atoms with Crippen molar-refractivity contribution in [3.8, 4) is 5.75 Å². The summed E-state index contributed by atoms with van der Waals surface area (Å²) in [7, 11) is 0. The van der Waals surface area contributed by atoms with Crippen LogP contribution < -0.4 is 10.1 Å². The third-order valence-corrected chi connectivity index (χ3v) is 3.68. The number of carbonyl (C=O) groups excluding carboxylic acids is 1. The Hall–Kier alpha value is -1.07. The smallest absolute Gasteiger partial charge is 0.225 e. The van der Waals surface area contributed by atoms with Crippen LogP contribution in [0.4, 0.5) is 0 Å².